The van der Waals surface area contributed by atoms with Gasteiger partial charge in [0, 0.05) is 30.2 Å². The van der Waals surface area contributed by atoms with Crippen LogP contribution in [-0.2, 0) is 11.3 Å². The van der Waals surface area contributed by atoms with Gasteiger partial charge in [0.05, 0.1) is 5.75 Å². The lowest BCUT2D eigenvalue weighted by Gasteiger charge is -2.12. The zero-order valence-electron chi connectivity index (χ0n) is 15.7. The first-order chi connectivity index (χ1) is 13.0. The van der Waals surface area contributed by atoms with Crippen LogP contribution in [0.2, 0.25) is 0 Å². The summed E-state index contributed by atoms with van der Waals surface area (Å²) in [5.41, 5.74) is 2.84. The van der Waals surface area contributed by atoms with Gasteiger partial charge in [-0.05, 0) is 36.6 Å². The Balaban J connectivity index is 1.73. The van der Waals surface area contributed by atoms with Crippen molar-refractivity contribution in [3.05, 3.63) is 54.4 Å². The topological polar surface area (TPSA) is 72.7 Å². The summed E-state index contributed by atoms with van der Waals surface area (Å²) in [7, 11) is 0. The SMILES string of the molecule is Cc1ccccc1NC(=O)CSc1nnc(-c2ccncc2)n1CC(C)C. The smallest absolute Gasteiger partial charge is 0.234 e. The van der Waals surface area contributed by atoms with Crippen molar-refractivity contribution in [2.45, 2.75) is 32.5 Å². The molecule has 0 saturated heterocycles. The number of carbonyl (C=O) groups excluding carboxylic acids is 1. The van der Waals surface area contributed by atoms with Gasteiger partial charge in [-0.2, -0.15) is 0 Å². The third-order valence-corrected chi connectivity index (χ3v) is 4.92. The fourth-order valence-corrected chi connectivity index (χ4v) is 3.42. The van der Waals surface area contributed by atoms with Crippen LogP contribution < -0.4 is 5.32 Å². The Morgan fingerprint density at radius 1 is 1.15 bits per heavy atom. The molecular formula is C20H23N5OS. The number of aromatic nitrogens is 4. The van der Waals surface area contributed by atoms with Crippen LogP contribution in [0, 0.1) is 12.8 Å². The van der Waals surface area contributed by atoms with Crippen LogP contribution in [0.1, 0.15) is 19.4 Å². The predicted molar refractivity (Wildman–Crippen MR) is 109 cm³/mol. The third-order valence-electron chi connectivity index (χ3n) is 3.95. The zero-order chi connectivity index (χ0) is 19.2. The second kappa shape index (κ2) is 8.81. The first kappa shape index (κ1) is 19.1. The van der Waals surface area contributed by atoms with Crippen LogP contribution in [0.4, 0.5) is 5.69 Å². The standard InChI is InChI=1S/C20H23N5OS/c1-14(2)12-25-19(16-8-10-21-11-9-16)23-24-20(25)27-13-18(26)22-17-7-5-4-6-15(17)3/h4-11,14H,12-13H2,1-3H3,(H,22,26). The van der Waals surface area contributed by atoms with Crippen molar-refractivity contribution in [1.82, 2.24) is 19.7 Å². The van der Waals surface area contributed by atoms with Crippen LogP contribution in [-0.4, -0.2) is 31.4 Å². The van der Waals surface area contributed by atoms with Crippen molar-refractivity contribution in [3.63, 3.8) is 0 Å². The van der Waals surface area contributed by atoms with Gasteiger partial charge in [-0.15, -0.1) is 10.2 Å². The number of amides is 1. The van der Waals surface area contributed by atoms with Gasteiger partial charge in [0.1, 0.15) is 0 Å². The van der Waals surface area contributed by atoms with E-state index >= 15 is 0 Å². The molecule has 1 amide bonds. The van der Waals surface area contributed by atoms with Crippen LogP contribution in [0.25, 0.3) is 11.4 Å². The zero-order valence-corrected chi connectivity index (χ0v) is 16.5. The number of nitrogens with one attached hydrogen (secondary N) is 1. The molecule has 0 aliphatic rings. The minimum absolute atomic E-state index is 0.0566. The van der Waals surface area contributed by atoms with Crippen molar-refractivity contribution >= 4 is 23.4 Å². The lowest BCUT2D eigenvalue weighted by Crippen LogP contribution is -2.15. The Labute approximate surface area is 163 Å². The predicted octanol–water partition coefficient (Wildman–Crippen LogP) is 4.04. The Hall–Kier alpha value is -2.67. The van der Waals surface area contributed by atoms with Crippen LogP contribution >= 0.6 is 11.8 Å². The average molecular weight is 382 g/mol. The highest BCUT2D eigenvalue weighted by molar-refractivity contribution is 7.99. The molecule has 3 rings (SSSR count). The van der Waals surface area contributed by atoms with E-state index < -0.39 is 0 Å². The Morgan fingerprint density at radius 3 is 2.59 bits per heavy atom. The summed E-state index contributed by atoms with van der Waals surface area (Å²) in [6.07, 6.45) is 3.48. The number of para-hydroxylation sites is 1. The maximum absolute atomic E-state index is 12.4. The van der Waals surface area contributed by atoms with E-state index in [9.17, 15) is 4.79 Å². The van der Waals surface area contributed by atoms with Gasteiger partial charge < -0.3 is 9.88 Å². The molecule has 3 aromatic rings. The van der Waals surface area contributed by atoms with Crippen molar-refractivity contribution in [2.75, 3.05) is 11.1 Å². The summed E-state index contributed by atoms with van der Waals surface area (Å²) >= 11 is 1.40. The second-order valence-corrected chi connectivity index (χ2v) is 7.64. The molecule has 2 heterocycles. The molecule has 0 spiro atoms. The number of hydrogen-bond acceptors (Lipinski definition) is 5. The fraction of sp³-hybridized carbons (Fsp3) is 0.300. The van der Waals surface area contributed by atoms with E-state index in [1.54, 1.807) is 12.4 Å². The number of rotatable bonds is 7. The van der Waals surface area contributed by atoms with Gasteiger partial charge in [0.25, 0.3) is 0 Å². The summed E-state index contributed by atoms with van der Waals surface area (Å²) in [6.45, 7) is 7.06. The van der Waals surface area contributed by atoms with Crippen molar-refractivity contribution in [1.29, 1.82) is 0 Å². The van der Waals surface area contributed by atoms with Gasteiger partial charge in [-0.25, -0.2) is 0 Å². The summed E-state index contributed by atoms with van der Waals surface area (Å²) in [6, 6.07) is 11.6. The van der Waals surface area contributed by atoms with Crippen LogP contribution in [0.3, 0.4) is 0 Å². The van der Waals surface area contributed by atoms with E-state index in [2.05, 4.69) is 38.9 Å². The quantitative estimate of drug-likeness (QED) is 0.626. The van der Waals surface area contributed by atoms with E-state index in [0.717, 1.165) is 34.3 Å². The number of anilines is 1. The highest BCUT2D eigenvalue weighted by Gasteiger charge is 2.16. The largest absolute Gasteiger partial charge is 0.325 e. The minimum atomic E-state index is -0.0566. The number of hydrogen-bond donors (Lipinski definition) is 1. The van der Waals surface area contributed by atoms with E-state index in [1.165, 1.54) is 11.8 Å². The van der Waals surface area contributed by atoms with Crippen LogP contribution in [0.15, 0.2) is 53.9 Å². The number of nitrogens with zero attached hydrogens (tertiary/aromatic N) is 4. The number of pyridine rings is 1. The number of benzene rings is 1. The molecule has 0 aliphatic carbocycles. The molecule has 1 aromatic carbocycles. The molecule has 0 fully saturated rings. The van der Waals surface area contributed by atoms with E-state index in [0.29, 0.717) is 5.92 Å². The highest BCUT2D eigenvalue weighted by Crippen LogP contribution is 2.25. The monoisotopic (exact) mass is 381 g/mol. The van der Waals surface area contributed by atoms with E-state index in [-0.39, 0.29) is 11.7 Å². The molecule has 0 radical (unpaired) electrons. The summed E-state index contributed by atoms with van der Waals surface area (Å²) in [4.78, 5) is 16.4. The lowest BCUT2D eigenvalue weighted by atomic mass is 10.2. The highest BCUT2D eigenvalue weighted by atomic mass is 32.2. The third kappa shape index (κ3) is 4.95. The average Bonchev–Trinajstić information content (AvgIpc) is 3.04. The molecule has 7 heteroatoms. The fourth-order valence-electron chi connectivity index (χ4n) is 2.67. The second-order valence-electron chi connectivity index (χ2n) is 6.70. The molecule has 140 valence electrons. The van der Waals surface area contributed by atoms with Crippen molar-refractivity contribution in [3.8, 4) is 11.4 Å². The number of carbonyl (C=O) groups is 1. The Kier molecular flexibility index (Phi) is 6.24. The summed E-state index contributed by atoms with van der Waals surface area (Å²) < 4.78 is 2.08. The molecule has 1 N–H and O–H groups in total. The molecule has 6 nitrogen and oxygen atoms in total. The molecule has 0 aliphatic heterocycles. The molecule has 2 aromatic heterocycles. The Bertz CT molecular complexity index is 908. The van der Waals surface area contributed by atoms with Gasteiger partial charge in [-0.3, -0.25) is 9.78 Å². The van der Waals surface area contributed by atoms with Crippen LogP contribution in [0.5, 0.6) is 0 Å². The molecule has 27 heavy (non-hydrogen) atoms. The molecular weight excluding hydrogens is 358 g/mol. The van der Waals surface area contributed by atoms with Gasteiger partial charge in [0.2, 0.25) is 5.91 Å². The lowest BCUT2D eigenvalue weighted by molar-refractivity contribution is -0.113. The number of thioether (sulfide) groups is 1. The minimum Gasteiger partial charge on any atom is -0.325 e. The maximum atomic E-state index is 12.4. The molecule has 0 saturated carbocycles. The number of aryl methyl sites for hydroxylation is 1. The molecule has 0 atom stereocenters. The van der Waals surface area contributed by atoms with Gasteiger partial charge in [0.15, 0.2) is 11.0 Å². The van der Waals surface area contributed by atoms with Crippen molar-refractivity contribution in [2.24, 2.45) is 5.92 Å². The molecule has 0 bridgehead atoms. The maximum Gasteiger partial charge on any atom is 0.234 e. The first-order valence-corrected chi connectivity index (χ1v) is 9.85. The van der Waals surface area contributed by atoms with E-state index in [1.807, 2.05) is 43.3 Å². The summed E-state index contributed by atoms with van der Waals surface area (Å²) in [5.74, 6) is 1.45. The van der Waals surface area contributed by atoms with Gasteiger partial charge in [-0.1, -0.05) is 43.8 Å². The van der Waals surface area contributed by atoms with Crippen molar-refractivity contribution < 1.29 is 4.79 Å². The van der Waals surface area contributed by atoms with E-state index in [4.69, 9.17) is 0 Å². The normalized spacial score (nSPS) is 11.0. The first-order valence-electron chi connectivity index (χ1n) is 8.86. The Morgan fingerprint density at radius 2 is 1.89 bits per heavy atom. The molecule has 0 unspecified atom stereocenters. The van der Waals surface area contributed by atoms with Gasteiger partial charge >= 0.3 is 0 Å². The summed E-state index contributed by atoms with van der Waals surface area (Å²) in [5, 5.41) is 12.4.